The van der Waals surface area contributed by atoms with Crippen molar-refractivity contribution in [2.24, 2.45) is 29.1 Å². The lowest BCUT2D eigenvalue weighted by atomic mass is 9.69. The standard InChI is InChI=1S/C38H58N2O4.CH2O2/c1-8-9-31-12-14-32(15-13-31)16-19-36(41)39-26-38(7)22-29(5)20-34(23-38)40-30(6)21-33(25-44-37(42)27(2)3)24-43-35-17-10-28(4)11-18-35;2-1-3/h8,10-11,17-18,29,31-34,40H,1-2,6,9,12-16,19-26H2,3-5,7H3,(H,39,41);1H,(H,2,3). The molecule has 2 aliphatic carbocycles. The van der Waals surface area contributed by atoms with Gasteiger partial charge in [0.15, 0.2) is 0 Å². The Labute approximate surface area is 283 Å². The van der Waals surface area contributed by atoms with Gasteiger partial charge >= 0.3 is 5.97 Å². The highest BCUT2D eigenvalue weighted by atomic mass is 16.5. The second-order valence-corrected chi connectivity index (χ2v) is 14.4. The molecule has 4 unspecified atom stereocenters. The smallest absolute Gasteiger partial charge is 0.333 e. The number of amides is 1. The van der Waals surface area contributed by atoms with Crippen LogP contribution in [0.5, 0.6) is 5.75 Å². The van der Waals surface area contributed by atoms with Crippen LogP contribution in [0.15, 0.2) is 61.3 Å². The molecule has 2 fully saturated rings. The molecule has 0 radical (unpaired) electrons. The SMILES string of the molecule is C=CCC1CCC(CCC(=O)NCC2(C)CC(C)CC(NC(=C)CC(COC(=O)C(=C)C)COc3ccc(C)cc3)C2)CC1.O=CO. The Morgan fingerprint density at radius 2 is 1.72 bits per heavy atom. The maximum absolute atomic E-state index is 12.8. The zero-order valence-electron chi connectivity index (χ0n) is 29.4. The number of ether oxygens (including phenoxy) is 2. The maximum atomic E-state index is 12.8. The van der Waals surface area contributed by atoms with Crippen molar-refractivity contribution < 1.29 is 29.0 Å². The van der Waals surface area contributed by atoms with Gasteiger partial charge in [0.25, 0.3) is 6.47 Å². The Morgan fingerprint density at radius 1 is 1.09 bits per heavy atom. The van der Waals surface area contributed by atoms with Crippen molar-refractivity contribution in [2.45, 2.75) is 104 Å². The fourth-order valence-corrected chi connectivity index (χ4v) is 7.18. The predicted molar refractivity (Wildman–Crippen MR) is 189 cm³/mol. The van der Waals surface area contributed by atoms with E-state index in [-0.39, 0.29) is 36.4 Å². The van der Waals surface area contributed by atoms with Crippen LogP contribution < -0.4 is 15.4 Å². The number of esters is 1. The molecule has 47 heavy (non-hydrogen) atoms. The minimum Gasteiger partial charge on any atom is -0.493 e. The minimum atomic E-state index is -0.390. The lowest BCUT2D eigenvalue weighted by Gasteiger charge is -2.42. The zero-order valence-corrected chi connectivity index (χ0v) is 29.4. The maximum Gasteiger partial charge on any atom is 0.333 e. The van der Waals surface area contributed by atoms with E-state index in [1.54, 1.807) is 6.92 Å². The normalized spacial score (nSPS) is 24.3. The summed E-state index contributed by atoms with van der Waals surface area (Å²) >= 11 is 0. The van der Waals surface area contributed by atoms with E-state index in [2.05, 4.69) is 44.2 Å². The third kappa shape index (κ3) is 15.7. The Balaban J connectivity index is 0.00000246. The first-order valence-corrected chi connectivity index (χ1v) is 17.3. The molecule has 0 saturated heterocycles. The molecule has 0 spiro atoms. The third-order valence-corrected chi connectivity index (χ3v) is 9.47. The molecule has 1 amide bonds. The summed E-state index contributed by atoms with van der Waals surface area (Å²) in [4.78, 5) is 33.3. The highest BCUT2D eigenvalue weighted by Crippen LogP contribution is 2.39. The molecule has 3 N–H and O–H groups in total. The van der Waals surface area contributed by atoms with Crippen molar-refractivity contribution >= 4 is 18.3 Å². The Kier molecular flexibility index (Phi) is 17.4. The highest BCUT2D eigenvalue weighted by Gasteiger charge is 2.36. The first-order valence-electron chi connectivity index (χ1n) is 17.3. The number of aryl methyl sites for hydroxylation is 1. The van der Waals surface area contributed by atoms with Crippen molar-refractivity contribution in [3.8, 4) is 5.75 Å². The average Bonchev–Trinajstić information content (AvgIpc) is 3.01. The van der Waals surface area contributed by atoms with E-state index in [0.29, 0.717) is 43.4 Å². The molecular formula is C39H60N2O6. The molecule has 1 aromatic rings. The van der Waals surface area contributed by atoms with Crippen LogP contribution in [0.4, 0.5) is 0 Å². The van der Waals surface area contributed by atoms with E-state index in [4.69, 9.17) is 19.4 Å². The van der Waals surface area contributed by atoms with Crippen LogP contribution >= 0.6 is 0 Å². The summed E-state index contributed by atoms with van der Waals surface area (Å²) in [5, 5.41) is 13.9. The number of rotatable bonds is 17. The second-order valence-electron chi connectivity index (χ2n) is 14.4. The van der Waals surface area contributed by atoms with E-state index in [1.165, 1.54) is 31.2 Å². The quantitative estimate of drug-likeness (QED) is 0.0682. The van der Waals surface area contributed by atoms with Gasteiger partial charge in [-0.05, 0) is 101 Å². The minimum absolute atomic E-state index is 0.0268. The summed E-state index contributed by atoms with van der Waals surface area (Å²) in [5.74, 6) is 2.55. The molecule has 0 heterocycles. The van der Waals surface area contributed by atoms with Crippen molar-refractivity contribution in [1.82, 2.24) is 10.6 Å². The molecule has 2 saturated carbocycles. The molecule has 2 aliphatic rings. The zero-order chi connectivity index (χ0) is 34.8. The summed E-state index contributed by atoms with van der Waals surface area (Å²) in [6, 6.07) is 8.23. The predicted octanol–water partition coefficient (Wildman–Crippen LogP) is 7.78. The Hall–Kier alpha value is -3.55. The van der Waals surface area contributed by atoms with Crippen molar-refractivity contribution in [3.63, 3.8) is 0 Å². The summed E-state index contributed by atoms with van der Waals surface area (Å²) in [5.41, 5.74) is 2.50. The summed E-state index contributed by atoms with van der Waals surface area (Å²) in [6.45, 7) is 21.3. The van der Waals surface area contributed by atoms with Crippen LogP contribution in [0.25, 0.3) is 0 Å². The lowest BCUT2D eigenvalue weighted by Crippen LogP contribution is -2.46. The van der Waals surface area contributed by atoms with Crippen molar-refractivity contribution in [2.75, 3.05) is 19.8 Å². The van der Waals surface area contributed by atoms with Crippen LogP contribution in [0.3, 0.4) is 0 Å². The van der Waals surface area contributed by atoms with E-state index in [1.807, 2.05) is 37.3 Å². The average molecular weight is 653 g/mol. The molecule has 0 bridgehead atoms. The van der Waals surface area contributed by atoms with Gasteiger partial charge in [-0.3, -0.25) is 9.59 Å². The molecular weight excluding hydrogens is 592 g/mol. The van der Waals surface area contributed by atoms with Crippen LogP contribution in [0.2, 0.25) is 0 Å². The van der Waals surface area contributed by atoms with Crippen LogP contribution in [0, 0.1) is 36.0 Å². The van der Waals surface area contributed by atoms with E-state index >= 15 is 0 Å². The Morgan fingerprint density at radius 3 is 2.34 bits per heavy atom. The fraction of sp³-hybridized carbons (Fsp3) is 0.615. The van der Waals surface area contributed by atoms with Crippen LogP contribution in [-0.2, 0) is 19.1 Å². The molecule has 0 aromatic heterocycles. The summed E-state index contributed by atoms with van der Waals surface area (Å²) in [7, 11) is 0. The number of carbonyl (C=O) groups excluding carboxylic acids is 2. The molecule has 3 rings (SSSR count). The number of hydrogen-bond acceptors (Lipinski definition) is 6. The third-order valence-electron chi connectivity index (χ3n) is 9.47. The summed E-state index contributed by atoms with van der Waals surface area (Å²) < 4.78 is 11.6. The van der Waals surface area contributed by atoms with Crippen molar-refractivity contribution in [3.05, 3.63) is 66.9 Å². The molecule has 4 atom stereocenters. The fourth-order valence-electron chi connectivity index (χ4n) is 7.18. The van der Waals surface area contributed by atoms with Gasteiger partial charge in [0.2, 0.25) is 5.91 Å². The number of nitrogens with one attached hydrogen (secondary N) is 2. The van der Waals surface area contributed by atoms with Gasteiger partial charge < -0.3 is 25.2 Å². The first kappa shape index (κ1) is 39.6. The number of hydrogen-bond donors (Lipinski definition) is 3. The van der Waals surface area contributed by atoms with Crippen LogP contribution in [-0.4, -0.2) is 49.3 Å². The lowest BCUT2D eigenvalue weighted by molar-refractivity contribution is -0.140. The number of carboxylic acid groups (broad SMARTS) is 1. The van der Waals surface area contributed by atoms with Gasteiger partial charge in [0, 0.05) is 36.2 Å². The molecule has 1 aromatic carbocycles. The largest absolute Gasteiger partial charge is 0.493 e. The van der Waals surface area contributed by atoms with Gasteiger partial charge in [-0.25, -0.2) is 4.79 Å². The first-order chi connectivity index (χ1) is 22.4. The number of carbonyl (C=O) groups is 3. The Bertz CT molecular complexity index is 1160. The van der Waals surface area contributed by atoms with E-state index < -0.39 is 5.97 Å². The summed E-state index contributed by atoms with van der Waals surface area (Å²) in [6.07, 6.45) is 13.6. The number of benzene rings is 1. The molecule has 262 valence electrons. The van der Waals surface area contributed by atoms with Gasteiger partial charge in [0.05, 0.1) is 13.2 Å². The topological polar surface area (TPSA) is 114 Å². The number of allylic oxidation sites excluding steroid dienone is 2. The molecule has 8 heteroatoms. The van der Waals surface area contributed by atoms with Crippen molar-refractivity contribution in [1.29, 1.82) is 0 Å². The van der Waals surface area contributed by atoms with Crippen LogP contribution in [0.1, 0.15) is 97.0 Å². The monoisotopic (exact) mass is 652 g/mol. The highest BCUT2D eigenvalue weighted by molar-refractivity contribution is 5.86. The molecule has 8 nitrogen and oxygen atoms in total. The van der Waals surface area contributed by atoms with Gasteiger partial charge in [-0.2, -0.15) is 0 Å². The van der Waals surface area contributed by atoms with Gasteiger partial charge in [-0.15, -0.1) is 6.58 Å². The second kappa shape index (κ2) is 20.6. The van der Waals surface area contributed by atoms with Gasteiger partial charge in [0.1, 0.15) is 5.75 Å². The van der Waals surface area contributed by atoms with Gasteiger partial charge in [-0.1, -0.05) is 63.6 Å². The molecule has 0 aliphatic heterocycles. The van der Waals surface area contributed by atoms with E-state index in [0.717, 1.165) is 49.5 Å². The van der Waals surface area contributed by atoms with E-state index in [9.17, 15) is 9.59 Å².